The molecule has 1 saturated heterocycles. The molecule has 0 saturated carbocycles. The van der Waals surface area contributed by atoms with Crippen LogP contribution in [0.5, 0.6) is 5.75 Å². The van der Waals surface area contributed by atoms with Crippen molar-refractivity contribution >= 4 is 12.0 Å². The number of hydrogen-bond donors (Lipinski definition) is 0. The van der Waals surface area contributed by atoms with E-state index in [9.17, 15) is 4.79 Å². The van der Waals surface area contributed by atoms with E-state index in [1.165, 1.54) is 0 Å². The van der Waals surface area contributed by atoms with Crippen molar-refractivity contribution in [2.45, 2.75) is 25.3 Å². The van der Waals surface area contributed by atoms with E-state index in [2.05, 4.69) is 6.07 Å². The first-order chi connectivity index (χ1) is 11.3. The van der Waals surface area contributed by atoms with Crippen molar-refractivity contribution in [3.8, 4) is 5.75 Å². The topological polar surface area (TPSA) is 42.7 Å². The van der Waals surface area contributed by atoms with Gasteiger partial charge in [0.05, 0.1) is 13.4 Å². The molecule has 1 aromatic carbocycles. The van der Waals surface area contributed by atoms with Crippen molar-refractivity contribution in [1.82, 2.24) is 4.90 Å². The smallest absolute Gasteiger partial charge is 0.246 e. The molecule has 23 heavy (non-hydrogen) atoms. The summed E-state index contributed by atoms with van der Waals surface area (Å²) in [7, 11) is 1.68. The molecule has 3 rings (SSSR count). The maximum absolute atomic E-state index is 12.5. The van der Waals surface area contributed by atoms with Gasteiger partial charge < -0.3 is 14.1 Å². The molecule has 1 aliphatic heterocycles. The van der Waals surface area contributed by atoms with Crippen LogP contribution < -0.4 is 4.74 Å². The molecule has 1 fully saturated rings. The number of nitrogens with zero attached hydrogens (tertiary/aromatic N) is 1. The van der Waals surface area contributed by atoms with E-state index in [-0.39, 0.29) is 11.9 Å². The van der Waals surface area contributed by atoms with Crippen LogP contribution in [0.2, 0.25) is 0 Å². The van der Waals surface area contributed by atoms with E-state index < -0.39 is 0 Å². The lowest BCUT2D eigenvalue weighted by atomic mass is 10.0. The van der Waals surface area contributed by atoms with Crippen molar-refractivity contribution < 1.29 is 13.9 Å². The molecule has 0 N–H and O–H groups in total. The summed E-state index contributed by atoms with van der Waals surface area (Å²) in [4.78, 5) is 14.4. The summed E-state index contributed by atoms with van der Waals surface area (Å²) in [6, 6.07) is 11.9. The summed E-state index contributed by atoms with van der Waals surface area (Å²) in [5.41, 5.74) is 1.15. The minimum atomic E-state index is 0.0406. The Balaban J connectivity index is 1.69. The van der Waals surface area contributed by atoms with Crippen molar-refractivity contribution in [3.05, 3.63) is 60.1 Å². The van der Waals surface area contributed by atoms with E-state index >= 15 is 0 Å². The Bertz CT molecular complexity index is 676. The van der Waals surface area contributed by atoms with Gasteiger partial charge in [-0.3, -0.25) is 4.79 Å². The second-order valence-corrected chi connectivity index (χ2v) is 5.69. The number of rotatable bonds is 5. The lowest BCUT2D eigenvalue weighted by Crippen LogP contribution is -2.35. The quantitative estimate of drug-likeness (QED) is 0.793. The standard InChI is InChI=1S/C19H21NO3/c1-22-18-9-3-2-6-15(18)14-16-7-4-12-20(16)19(21)11-10-17-8-5-13-23-17/h2-3,5-6,8-11,13,16H,4,7,12,14H2,1H3/b11-10+. The van der Waals surface area contributed by atoms with Crippen LogP contribution in [-0.4, -0.2) is 30.5 Å². The molecule has 1 unspecified atom stereocenters. The summed E-state index contributed by atoms with van der Waals surface area (Å²) >= 11 is 0. The van der Waals surface area contributed by atoms with Crippen molar-refractivity contribution in [3.63, 3.8) is 0 Å². The molecule has 120 valence electrons. The predicted octanol–water partition coefficient (Wildman–Crippen LogP) is 3.54. The van der Waals surface area contributed by atoms with Crippen LogP contribution in [-0.2, 0) is 11.2 Å². The second kappa shape index (κ2) is 7.18. The Kier molecular flexibility index (Phi) is 4.81. The van der Waals surface area contributed by atoms with Crippen LogP contribution in [0.1, 0.15) is 24.2 Å². The molecule has 2 heterocycles. The summed E-state index contributed by atoms with van der Waals surface area (Å²) in [6.07, 6.45) is 7.81. The molecule has 0 radical (unpaired) electrons. The number of methoxy groups -OCH3 is 1. The first-order valence-corrected chi connectivity index (χ1v) is 7.92. The SMILES string of the molecule is COc1ccccc1CC1CCCN1C(=O)/C=C/c1ccco1. The lowest BCUT2D eigenvalue weighted by molar-refractivity contribution is -0.126. The Hall–Kier alpha value is -2.49. The van der Waals surface area contributed by atoms with Gasteiger partial charge in [0.1, 0.15) is 11.5 Å². The third-order valence-electron chi connectivity index (χ3n) is 4.24. The van der Waals surface area contributed by atoms with Crippen LogP contribution in [0.3, 0.4) is 0 Å². The highest BCUT2D eigenvalue weighted by molar-refractivity contribution is 5.91. The van der Waals surface area contributed by atoms with Gasteiger partial charge >= 0.3 is 0 Å². The third-order valence-corrected chi connectivity index (χ3v) is 4.24. The minimum Gasteiger partial charge on any atom is -0.496 e. The number of amides is 1. The Morgan fingerprint density at radius 2 is 2.22 bits per heavy atom. The number of carbonyl (C=O) groups excluding carboxylic acids is 1. The third kappa shape index (κ3) is 3.65. The van der Waals surface area contributed by atoms with Crippen LogP contribution >= 0.6 is 0 Å². The normalized spacial score (nSPS) is 17.8. The molecule has 4 nitrogen and oxygen atoms in total. The Morgan fingerprint density at radius 3 is 3.00 bits per heavy atom. The molecule has 0 bridgehead atoms. The number of likely N-dealkylation sites (tertiary alicyclic amines) is 1. The fraction of sp³-hybridized carbons (Fsp3) is 0.316. The zero-order chi connectivity index (χ0) is 16.1. The number of furan rings is 1. The van der Waals surface area contributed by atoms with E-state index in [0.717, 1.165) is 37.1 Å². The van der Waals surface area contributed by atoms with Gasteiger partial charge in [-0.25, -0.2) is 0 Å². The fourth-order valence-corrected chi connectivity index (χ4v) is 3.10. The maximum atomic E-state index is 12.5. The first-order valence-electron chi connectivity index (χ1n) is 7.92. The average molecular weight is 311 g/mol. The highest BCUT2D eigenvalue weighted by Crippen LogP contribution is 2.26. The predicted molar refractivity (Wildman–Crippen MR) is 89.2 cm³/mol. The molecular formula is C19H21NO3. The summed E-state index contributed by atoms with van der Waals surface area (Å²) in [5, 5.41) is 0. The second-order valence-electron chi connectivity index (χ2n) is 5.69. The first kappa shape index (κ1) is 15.4. The molecule has 1 aliphatic rings. The average Bonchev–Trinajstić information content (AvgIpc) is 3.25. The molecule has 1 aromatic heterocycles. The number of ether oxygens (including phenoxy) is 1. The van der Waals surface area contributed by atoms with Gasteiger partial charge in [0.25, 0.3) is 0 Å². The van der Waals surface area contributed by atoms with Gasteiger partial charge in [0.2, 0.25) is 5.91 Å². The minimum absolute atomic E-state index is 0.0406. The van der Waals surface area contributed by atoms with Crippen LogP contribution in [0.4, 0.5) is 0 Å². The Morgan fingerprint density at radius 1 is 1.35 bits per heavy atom. The summed E-state index contributed by atoms with van der Waals surface area (Å²) < 4.78 is 10.6. The van der Waals surface area contributed by atoms with Gasteiger partial charge in [-0.15, -0.1) is 0 Å². The van der Waals surface area contributed by atoms with Crippen molar-refractivity contribution in [2.24, 2.45) is 0 Å². The maximum Gasteiger partial charge on any atom is 0.246 e. The highest BCUT2D eigenvalue weighted by atomic mass is 16.5. The van der Waals surface area contributed by atoms with Crippen LogP contribution in [0.25, 0.3) is 6.08 Å². The van der Waals surface area contributed by atoms with Crippen LogP contribution in [0.15, 0.2) is 53.2 Å². The molecule has 4 heteroatoms. The van der Waals surface area contributed by atoms with Crippen molar-refractivity contribution in [1.29, 1.82) is 0 Å². The number of carbonyl (C=O) groups is 1. The van der Waals surface area contributed by atoms with E-state index in [1.807, 2.05) is 35.2 Å². The van der Waals surface area contributed by atoms with E-state index in [0.29, 0.717) is 5.76 Å². The fourth-order valence-electron chi connectivity index (χ4n) is 3.10. The van der Waals surface area contributed by atoms with Crippen molar-refractivity contribution in [2.75, 3.05) is 13.7 Å². The van der Waals surface area contributed by atoms with Gasteiger partial charge in [0.15, 0.2) is 0 Å². The van der Waals surface area contributed by atoms with E-state index in [4.69, 9.17) is 9.15 Å². The highest BCUT2D eigenvalue weighted by Gasteiger charge is 2.28. The molecule has 1 atom stereocenters. The van der Waals surface area contributed by atoms with Gasteiger partial charge in [0, 0.05) is 18.7 Å². The lowest BCUT2D eigenvalue weighted by Gasteiger charge is -2.24. The molecule has 0 spiro atoms. The number of hydrogen-bond acceptors (Lipinski definition) is 3. The molecule has 0 aliphatic carbocycles. The molecule has 1 amide bonds. The largest absolute Gasteiger partial charge is 0.496 e. The van der Waals surface area contributed by atoms with Gasteiger partial charge in [-0.2, -0.15) is 0 Å². The zero-order valence-corrected chi connectivity index (χ0v) is 13.3. The summed E-state index contributed by atoms with van der Waals surface area (Å²) in [6.45, 7) is 0.807. The van der Waals surface area contributed by atoms with Gasteiger partial charge in [-0.1, -0.05) is 18.2 Å². The Labute approximate surface area is 136 Å². The van der Waals surface area contributed by atoms with E-state index in [1.54, 1.807) is 25.5 Å². The monoisotopic (exact) mass is 311 g/mol. The van der Waals surface area contributed by atoms with Gasteiger partial charge in [-0.05, 0) is 49.1 Å². The zero-order valence-electron chi connectivity index (χ0n) is 13.3. The molecule has 2 aromatic rings. The number of benzene rings is 1. The number of para-hydroxylation sites is 1. The van der Waals surface area contributed by atoms with Crippen LogP contribution in [0, 0.1) is 0 Å². The summed E-state index contributed by atoms with van der Waals surface area (Å²) in [5.74, 6) is 1.62. The molecular weight excluding hydrogens is 290 g/mol.